The summed E-state index contributed by atoms with van der Waals surface area (Å²) in [5.41, 5.74) is 28.7. The van der Waals surface area contributed by atoms with Gasteiger partial charge in [-0.3, -0.25) is 64.2 Å². The molecule has 0 aliphatic heterocycles. The van der Waals surface area contributed by atoms with Crippen molar-refractivity contribution in [1.29, 1.82) is 16.2 Å². The molecule has 560 valence electrons. The number of aliphatic carboxylic acids is 1. The summed E-state index contributed by atoms with van der Waals surface area (Å²) in [6.45, 7) is -1.34. The topological polar surface area (TPSA) is 558 Å². The molecule has 0 saturated carbocycles. The molecule has 0 aliphatic rings. The molecule has 8 atom stereocenters. The number of aromatic amines is 3. The number of nitrogens with one attached hydrogen (secondary N) is 18. The molecule has 9 amide bonds. The van der Waals surface area contributed by atoms with Crippen molar-refractivity contribution < 1.29 is 53.1 Å². The van der Waals surface area contributed by atoms with Crippen molar-refractivity contribution in [2.24, 2.45) is 22.9 Å². The van der Waals surface area contributed by atoms with Gasteiger partial charge in [0.25, 0.3) is 0 Å². The summed E-state index contributed by atoms with van der Waals surface area (Å²) in [6, 6.07) is 28.3. The predicted octanol–water partition coefficient (Wildman–Crippen LogP) is -0.528. The Morgan fingerprint density at radius 1 is 0.349 bits per heavy atom. The highest BCUT2D eigenvalue weighted by Gasteiger charge is 2.35. The summed E-state index contributed by atoms with van der Waals surface area (Å²) in [7, 11) is 0. The fourth-order valence-corrected chi connectivity index (χ4v) is 12.1. The lowest BCUT2D eigenvalue weighted by molar-refractivity contribution is -0.138. The second-order valence-corrected chi connectivity index (χ2v) is 25.4. The van der Waals surface area contributed by atoms with Crippen LogP contribution in [0.15, 0.2) is 152 Å². The van der Waals surface area contributed by atoms with E-state index in [1.54, 1.807) is 122 Å². The van der Waals surface area contributed by atoms with Crippen molar-refractivity contribution in [2.75, 3.05) is 32.7 Å². The quantitative estimate of drug-likeness (QED) is 0.0130. The smallest absolute Gasteiger partial charge is 0.322 e. The van der Waals surface area contributed by atoms with Gasteiger partial charge in [0.2, 0.25) is 53.2 Å². The molecule has 8 rings (SSSR count). The van der Waals surface area contributed by atoms with Crippen LogP contribution in [0.5, 0.6) is 0 Å². The van der Waals surface area contributed by atoms with Gasteiger partial charge in [-0.1, -0.05) is 115 Å². The largest absolute Gasteiger partial charge is 0.480 e. The van der Waals surface area contributed by atoms with Gasteiger partial charge in [0.05, 0.1) is 12.6 Å². The Morgan fingerprint density at radius 3 is 1.04 bits per heavy atom. The molecule has 106 heavy (non-hydrogen) atoms. The standard InChI is InChI=1S/C73H92N22O11/c74-50(34-44-37-84-51-23-10-7-20-47(44)51)63(99)92-58(33-43-18-5-2-6-19-43)69(105)91-55(27-14-30-82-72(77)78)67(103)90-56(28-15-31-83-73(79)80)68(104)94-59(35-45-38-85-52-24-11-8-21-48(45)52)65(101)87-40-61(96)89-54(26-13-29-81-71(75)76)66(102)95-60(36-46-39-86-53-25-12-9-22-49(46)53)70(106)93-57(64(100)88-41-62(97)98)32-42-16-3-1-4-17-42/h1-12,16-25,37-39,50,54-60,84-86H,13-15,26-36,40-41,74H2,(H,87,101)(H,88,100)(H,89,96)(H,90,103)(H,91,105)(H,92,99)(H,93,106)(H,94,104)(H,95,102)(H,97,98)(H4,75,76,81)(H4,77,78,82)(H4,79,80,83)/t50-,54-,55-,56-,57-,58-,59-,60-/m0/s1. The summed E-state index contributed by atoms with van der Waals surface area (Å²) in [6.07, 6.45) is 4.74. The zero-order valence-electron chi connectivity index (χ0n) is 58.2. The molecular weight excluding hydrogens is 1360 g/mol. The first kappa shape index (κ1) is 78.9. The molecule has 33 heteroatoms. The maximum absolute atomic E-state index is 15.0. The molecule has 0 radical (unpaired) electrons. The highest BCUT2D eigenvalue weighted by Crippen LogP contribution is 2.23. The number of hydrogen-bond donors (Lipinski definition) is 23. The molecule has 0 bridgehead atoms. The molecule has 27 N–H and O–H groups in total. The molecule has 3 heterocycles. The molecule has 5 aromatic carbocycles. The first-order chi connectivity index (χ1) is 51.0. The highest BCUT2D eigenvalue weighted by molar-refractivity contribution is 5.99. The van der Waals surface area contributed by atoms with E-state index in [0.717, 1.165) is 16.5 Å². The minimum atomic E-state index is -1.50. The minimum Gasteiger partial charge on any atom is -0.480 e. The van der Waals surface area contributed by atoms with E-state index in [-0.39, 0.29) is 108 Å². The Labute approximate surface area is 609 Å². The van der Waals surface area contributed by atoms with Crippen LogP contribution in [0.3, 0.4) is 0 Å². The highest BCUT2D eigenvalue weighted by atomic mass is 16.4. The number of carbonyl (C=O) groups is 10. The second-order valence-electron chi connectivity index (χ2n) is 25.4. The van der Waals surface area contributed by atoms with Gasteiger partial charge in [-0.2, -0.15) is 0 Å². The van der Waals surface area contributed by atoms with Crippen LogP contribution in [-0.2, 0) is 80.0 Å². The Hall–Kier alpha value is -12.8. The zero-order chi connectivity index (χ0) is 76.1. The van der Waals surface area contributed by atoms with Gasteiger partial charge in [-0.25, -0.2) is 0 Å². The summed E-state index contributed by atoms with van der Waals surface area (Å²) in [4.78, 5) is 152. The Balaban J connectivity index is 1.02. The SMILES string of the molecule is N=C(N)NCCC[C@H](NC(=O)CNC(=O)[C@H](Cc1c[nH]c2ccccc12)NC(=O)[C@H](CCCNC(=N)N)NC(=O)[C@H](CCCNC(=N)N)NC(=O)[C@H](Cc1ccccc1)NC(=O)[C@@H](N)Cc1c[nH]c2ccccc12)C(=O)N[C@@H](Cc1c[nH]c2ccccc12)C(=O)N[C@@H](Cc1ccccc1)C(=O)NCC(=O)O. The van der Waals surface area contributed by atoms with Gasteiger partial charge in [0, 0.05) is 96.6 Å². The van der Waals surface area contributed by atoms with E-state index in [1.165, 1.54) is 0 Å². The Bertz CT molecular complexity index is 4390. The third-order valence-corrected chi connectivity index (χ3v) is 17.5. The number of benzene rings is 5. The van der Waals surface area contributed by atoms with Crippen molar-refractivity contribution in [2.45, 2.75) is 119 Å². The molecule has 0 saturated heterocycles. The van der Waals surface area contributed by atoms with Crippen LogP contribution < -0.4 is 86.7 Å². The van der Waals surface area contributed by atoms with E-state index < -0.39 is 121 Å². The summed E-state index contributed by atoms with van der Waals surface area (Å²) in [5.74, 6) is -9.95. The van der Waals surface area contributed by atoms with E-state index in [1.807, 2.05) is 30.3 Å². The Morgan fingerprint density at radius 2 is 0.651 bits per heavy atom. The molecular formula is C73H92N22O11. The maximum atomic E-state index is 15.0. The number of rotatable bonds is 41. The van der Waals surface area contributed by atoms with Crippen molar-refractivity contribution in [3.8, 4) is 0 Å². The average Bonchev–Trinajstić information content (AvgIpc) is 1.56. The van der Waals surface area contributed by atoms with E-state index in [2.05, 4.69) is 78.8 Å². The first-order valence-corrected chi connectivity index (χ1v) is 34.6. The van der Waals surface area contributed by atoms with Crippen LogP contribution in [0, 0.1) is 16.2 Å². The van der Waals surface area contributed by atoms with Gasteiger partial charge in [0.15, 0.2) is 17.9 Å². The molecule has 0 aliphatic carbocycles. The lowest BCUT2D eigenvalue weighted by Crippen LogP contribution is -2.60. The maximum Gasteiger partial charge on any atom is 0.322 e. The lowest BCUT2D eigenvalue weighted by atomic mass is 10.0. The average molecular weight is 1450 g/mol. The van der Waals surface area contributed by atoms with Crippen LogP contribution in [0.25, 0.3) is 32.7 Å². The monoisotopic (exact) mass is 1450 g/mol. The van der Waals surface area contributed by atoms with Crippen molar-refractivity contribution in [3.63, 3.8) is 0 Å². The van der Waals surface area contributed by atoms with E-state index in [4.69, 9.17) is 39.2 Å². The van der Waals surface area contributed by atoms with Crippen LogP contribution in [0.2, 0.25) is 0 Å². The molecule has 33 nitrogen and oxygen atoms in total. The van der Waals surface area contributed by atoms with Gasteiger partial charge in [-0.05, 0) is 91.0 Å². The van der Waals surface area contributed by atoms with Crippen molar-refractivity contribution in [3.05, 3.63) is 180 Å². The number of carbonyl (C=O) groups excluding carboxylic acids is 9. The number of aromatic nitrogens is 3. The van der Waals surface area contributed by atoms with Crippen LogP contribution in [-0.4, -0.2) is 178 Å². The number of carboxylic acid groups (broad SMARTS) is 1. The van der Waals surface area contributed by atoms with E-state index in [9.17, 15) is 48.3 Å². The van der Waals surface area contributed by atoms with Crippen LogP contribution in [0.1, 0.15) is 66.3 Å². The number of H-pyrrole nitrogens is 3. The first-order valence-electron chi connectivity index (χ1n) is 34.6. The predicted molar refractivity (Wildman–Crippen MR) is 399 cm³/mol. The number of carboxylic acids is 1. The number of para-hydroxylation sites is 3. The van der Waals surface area contributed by atoms with E-state index >= 15 is 4.79 Å². The normalized spacial score (nSPS) is 13.3. The fraction of sp³-hybridized carbons (Fsp3) is 0.329. The van der Waals surface area contributed by atoms with E-state index in [0.29, 0.717) is 44.1 Å². The number of nitrogens with two attached hydrogens (primary N) is 4. The van der Waals surface area contributed by atoms with Crippen molar-refractivity contribution in [1.82, 2.24) is 78.8 Å². The second kappa shape index (κ2) is 39.6. The van der Waals surface area contributed by atoms with Gasteiger partial charge >= 0.3 is 5.97 Å². The van der Waals surface area contributed by atoms with Crippen LogP contribution >= 0.6 is 0 Å². The zero-order valence-corrected chi connectivity index (χ0v) is 58.2. The molecule has 0 unspecified atom stereocenters. The lowest BCUT2D eigenvalue weighted by Gasteiger charge is -2.27. The van der Waals surface area contributed by atoms with Gasteiger partial charge < -0.3 is 107 Å². The summed E-state index contributed by atoms with van der Waals surface area (Å²) >= 11 is 0. The number of amides is 9. The molecule has 0 spiro atoms. The van der Waals surface area contributed by atoms with Gasteiger partial charge in [0.1, 0.15) is 48.8 Å². The van der Waals surface area contributed by atoms with Gasteiger partial charge in [-0.15, -0.1) is 0 Å². The fourth-order valence-electron chi connectivity index (χ4n) is 12.1. The van der Waals surface area contributed by atoms with Crippen molar-refractivity contribution >= 4 is 110 Å². The summed E-state index contributed by atoms with van der Waals surface area (Å²) < 4.78 is 0. The molecule has 8 aromatic rings. The number of guanidine groups is 3. The third kappa shape index (κ3) is 24.4. The molecule has 3 aromatic heterocycles. The van der Waals surface area contributed by atoms with Crippen LogP contribution in [0.4, 0.5) is 0 Å². The Kier molecular flexibility index (Phi) is 29.5. The number of hydrogen-bond acceptors (Lipinski definition) is 14. The third-order valence-electron chi connectivity index (χ3n) is 17.5. The minimum absolute atomic E-state index is 0.0295. The summed E-state index contributed by atoms with van der Waals surface area (Å²) in [5, 5.41) is 67.0. The number of fused-ring (bicyclic) bond motifs is 3. The molecule has 0 fully saturated rings.